The van der Waals surface area contributed by atoms with E-state index in [0.717, 1.165) is 23.3 Å². The van der Waals surface area contributed by atoms with Gasteiger partial charge in [0, 0.05) is 37.6 Å². The second-order valence-corrected chi connectivity index (χ2v) is 7.48. The number of aromatic nitrogens is 3. The number of aromatic amines is 1. The second kappa shape index (κ2) is 8.99. The molecule has 3 heterocycles. The van der Waals surface area contributed by atoms with E-state index >= 15 is 0 Å². The zero-order valence-corrected chi connectivity index (χ0v) is 17.4. The fourth-order valence-corrected chi connectivity index (χ4v) is 3.44. The Morgan fingerprint density at radius 2 is 2.03 bits per heavy atom. The number of benzene rings is 1. The summed E-state index contributed by atoms with van der Waals surface area (Å²) in [4.78, 5) is 26.6. The van der Waals surface area contributed by atoms with Crippen molar-refractivity contribution in [2.45, 2.75) is 19.6 Å². The van der Waals surface area contributed by atoms with Crippen LogP contribution in [0.15, 0.2) is 42.7 Å². The van der Waals surface area contributed by atoms with Gasteiger partial charge in [0.15, 0.2) is 0 Å². The van der Waals surface area contributed by atoms with E-state index in [4.69, 9.17) is 4.74 Å². The van der Waals surface area contributed by atoms with Gasteiger partial charge in [-0.15, -0.1) is 0 Å². The van der Waals surface area contributed by atoms with E-state index < -0.39 is 17.6 Å². The summed E-state index contributed by atoms with van der Waals surface area (Å²) in [5.41, 5.74) is 2.19. The van der Waals surface area contributed by atoms with Gasteiger partial charge in [0.1, 0.15) is 5.69 Å². The summed E-state index contributed by atoms with van der Waals surface area (Å²) >= 11 is 0. The summed E-state index contributed by atoms with van der Waals surface area (Å²) < 4.78 is 44.0. The van der Waals surface area contributed by atoms with Crippen molar-refractivity contribution in [2.75, 3.05) is 31.2 Å². The highest BCUT2D eigenvalue weighted by molar-refractivity contribution is 5.93. The van der Waals surface area contributed by atoms with Crippen molar-refractivity contribution in [1.29, 1.82) is 0 Å². The molecule has 0 bridgehead atoms. The second-order valence-electron chi connectivity index (χ2n) is 7.48. The molecule has 1 fully saturated rings. The van der Waals surface area contributed by atoms with Crippen LogP contribution >= 0.6 is 0 Å². The van der Waals surface area contributed by atoms with Crippen LogP contribution in [0, 0.1) is 6.92 Å². The molecule has 32 heavy (non-hydrogen) atoms. The quantitative estimate of drug-likeness (QED) is 0.628. The zero-order valence-electron chi connectivity index (χ0n) is 17.4. The molecule has 0 saturated carbocycles. The first-order valence-corrected chi connectivity index (χ1v) is 10.1. The summed E-state index contributed by atoms with van der Waals surface area (Å²) in [5.74, 6) is 0.180. The molecule has 0 atom stereocenters. The van der Waals surface area contributed by atoms with Crippen LogP contribution in [0.2, 0.25) is 0 Å². The standard InChI is InChI=1S/C22H22F3N5O2/c1-14-11-28-21(30-5-7-32-8-6-30)29-19(14)16-10-18(26-13-16)20(31)27-12-15-3-2-4-17(9-15)22(23,24)25/h2-4,9-11,13,26H,5-8,12H2,1H3,(H,27,31). The molecule has 1 aliphatic rings. The maximum Gasteiger partial charge on any atom is 0.416 e. The Labute approximate surface area is 182 Å². The molecule has 168 valence electrons. The van der Waals surface area contributed by atoms with Crippen molar-refractivity contribution in [2.24, 2.45) is 0 Å². The van der Waals surface area contributed by atoms with Crippen LogP contribution < -0.4 is 10.2 Å². The molecular formula is C22H22F3N5O2. The number of hydrogen-bond donors (Lipinski definition) is 2. The lowest BCUT2D eigenvalue weighted by Gasteiger charge is -2.27. The smallest absolute Gasteiger partial charge is 0.378 e. The normalized spacial score (nSPS) is 14.4. The number of amides is 1. The highest BCUT2D eigenvalue weighted by Crippen LogP contribution is 2.29. The van der Waals surface area contributed by atoms with Crippen LogP contribution in [0.1, 0.15) is 27.2 Å². The molecule has 7 nitrogen and oxygen atoms in total. The van der Waals surface area contributed by atoms with E-state index in [1.165, 1.54) is 12.1 Å². The minimum absolute atomic E-state index is 0.0230. The van der Waals surface area contributed by atoms with Gasteiger partial charge in [-0.1, -0.05) is 12.1 Å². The highest BCUT2D eigenvalue weighted by atomic mass is 19.4. The van der Waals surface area contributed by atoms with Gasteiger partial charge >= 0.3 is 6.18 Å². The van der Waals surface area contributed by atoms with E-state index in [-0.39, 0.29) is 12.2 Å². The Hall–Kier alpha value is -3.40. The molecule has 0 aliphatic carbocycles. The number of carbonyl (C=O) groups excluding carboxylic acids is 1. The lowest BCUT2D eigenvalue weighted by molar-refractivity contribution is -0.137. The number of nitrogens with one attached hydrogen (secondary N) is 2. The van der Waals surface area contributed by atoms with E-state index in [2.05, 4.69) is 20.3 Å². The maximum absolute atomic E-state index is 12.9. The number of morpholine rings is 1. The number of rotatable bonds is 5. The maximum atomic E-state index is 12.9. The Bertz CT molecular complexity index is 1110. The van der Waals surface area contributed by atoms with Crippen LogP contribution in [0.5, 0.6) is 0 Å². The van der Waals surface area contributed by atoms with Crippen molar-refractivity contribution in [3.8, 4) is 11.3 Å². The van der Waals surface area contributed by atoms with Crippen LogP contribution in [0.25, 0.3) is 11.3 Å². The largest absolute Gasteiger partial charge is 0.416 e. The van der Waals surface area contributed by atoms with Gasteiger partial charge in [0.05, 0.1) is 24.5 Å². The van der Waals surface area contributed by atoms with E-state index in [1.807, 2.05) is 11.8 Å². The average Bonchev–Trinajstić information content (AvgIpc) is 3.28. The number of carbonyl (C=O) groups is 1. The van der Waals surface area contributed by atoms with E-state index in [0.29, 0.717) is 43.5 Å². The summed E-state index contributed by atoms with van der Waals surface area (Å²) in [7, 11) is 0. The van der Waals surface area contributed by atoms with Crippen LogP contribution in [0.3, 0.4) is 0 Å². The van der Waals surface area contributed by atoms with Gasteiger partial charge < -0.3 is 19.9 Å². The first-order chi connectivity index (χ1) is 15.3. The first kappa shape index (κ1) is 21.8. The lowest BCUT2D eigenvalue weighted by Crippen LogP contribution is -2.37. The number of anilines is 1. The molecule has 1 aromatic carbocycles. The Balaban J connectivity index is 1.46. The average molecular weight is 445 g/mol. The Kier molecular flexibility index (Phi) is 6.13. The molecule has 2 aromatic heterocycles. The first-order valence-electron chi connectivity index (χ1n) is 10.1. The highest BCUT2D eigenvalue weighted by Gasteiger charge is 2.30. The number of nitrogens with zero attached hydrogens (tertiary/aromatic N) is 3. The fourth-order valence-electron chi connectivity index (χ4n) is 3.44. The summed E-state index contributed by atoms with van der Waals surface area (Å²) in [6, 6.07) is 6.55. The number of H-pyrrole nitrogens is 1. The van der Waals surface area contributed by atoms with Gasteiger partial charge in [-0.25, -0.2) is 9.97 Å². The number of ether oxygens (including phenoxy) is 1. The number of aryl methyl sites for hydroxylation is 1. The number of halogens is 3. The molecule has 1 aliphatic heterocycles. The van der Waals surface area contributed by atoms with Crippen molar-refractivity contribution in [3.63, 3.8) is 0 Å². The third-order valence-corrected chi connectivity index (χ3v) is 5.16. The Morgan fingerprint density at radius 1 is 1.25 bits per heavy atom. The number of alkyl halides is 3. The minimum Gasteiger partial charge on any atom is -0.378 e. The van der Waals surface area contributed by atoms with Crippen LogP contribution in [-0.2, 0) is 17.5 Å². The Morgan fingerprint density at radius 3 is 2.78 bits per heavy atom. The molecule has 1 amide bonds. The molecular weight excluding hydrogens is 423 g/mol. The number of hydrogen-bond acceptors (Lipinski definition) is 5. The minimum atomic E-state index is -4.43. The monoisotopic (exact) mass is 445 g/mol. The van der Waals surface area contributed by atoms with Crippen LogP contribution in [0.4, 0.5) is 19.1 Å². The van der Waals surface area contributed by atoms with Gasteiger partial charge in [0.2, 0.25) is 5.95 Å². The molecule has 4 rings (SSSR count). The van der Waals surface area contributed by atoms with Crippen molar-refractivity contribution in [1.82, 2.24) is 20.3 Å². The predicted molar refractivity (Wildman–Crippen MR) is 112 cm³/mol. The fraction of sp³-hybridized carbons (Fsp3) is 0.318. The zero-order chi connectivity index (χ0) is 22.7. The summed E-state index contributed by atoms with van der Waals surface area (Å²) in [6.45, 7) is 4.52. The molecule has 1 saturated heterocycles. The lowest BCUT2D eigenvalue weighted by atomic mass is 10.1. The molecule has 0 unspecified atom stereocenters. The predicted octanol–water partition coefficient (Wildman–Crippen LogP) is 3.57. The van der Waals surface area contributed by atoms with Gasteiger partial charge in [-0.2, -0.15) is 13.2 Å². The molecule has 0 radical (unpaired) electrons. The summed E-state index contributed by atoms with van der Waals surface area (Å²) in [6.07, 6.45) is -1.00. The van der Waals surface area contributed by atoms with E-state index in [9.17, 15) is 18.0 Å². The van der Waals surface area contributed by atoms with Crippen LogP contribution in [-0.4, -0.2) is 47.2 Å². The third-order valence-electron chi connectivity index (χ3n) is 5.16. The van der Waals surface area contributed by atoms with E-state index in [1.54, 1.807) is 18.5 Å². The molecule has 3 aromatic rings. The van der Waals surface area contributed by atoms with Gasteiger partial charge in [0.25, 0.3) is 5.91 Å². The van der Waals surface area contributed by atoms with Crippen molar-refractivity contribution < 1.29 is 22.7 Å². The van der Waals surface area contributed by atoms with Crippen molar-refractivity contribution in [3.05, 3.63) is 65.1 Å². The van der Waals surface area contributed by atoms with Gasteiger partial charge in [-0.05, 0) is 36.2 Å². The van der Waals surface area contributed by atoms with Gasteiger partial charge in [-0.3, -0.25) is 4.79 Å². The molecule has 10 heteroatoms. The topological polar surface area (TPSA) is 83.1 Å². The summed E-state index contributed by atoms with van der Waals surface area (Å²) in [5, 5.41) is 2.64. The van der Waals surface area contributed by atoms with Crippen molar-refractivity contribution >= 4 is 11.9 Å². The molecule has 0 spiro atoms. The SMILES string of the molecule is Cc1cnc(N2CCOCC2)nc1-c1c[nH]c(C(=O)NCc2cccc(C(F)(F)F)c2)c1. The third kappa shape index (κ3) is 4.91. The molecule has 2 N–H and O–H groups in total.